The number of nitrogens with two attached hydrogens (primary N) is 1. The van der Waals surface area contributed by atoms with Gasteiger partial charge in [-0.1, -0.05) is 6.92 Å². The molecule has 0 bridgehead atoms. The van der Waals surface area contributed by atoms with Gasteiger partial charge in [-0.2, -0.15) is 13.2 Å². The third kappa shape index (κ3) is 6.09. The van der Waals surface area contributed by atoms with Gasteiger partial charge in [0, 0.05) is 0 Å². The molecular formula is C7H13F5N2. The normalized spacial score (nSPS) is 13.7. The van der Waals surface area contributed by atoms with Gasteiger partial charge in [-0.3, -0.25) is 4.90 Å². The Morgan fingerprint density at radius 1 is 1.07 bits per heavy atom. The molecule has 0 heterocycles. The maximum absolute atomic E-state index is 12.6. The van der Waals surface area contributed by atoms with Crippen molar-refractivity contribution in [3.05, 3.63) is 0 Å². The quantitative estimate of drug-likeness (QED) is 0.711. The Balaban J connectivity index is 4.17. The smallest absolute Gasteiger partial charge is 0.325 e. The van der Waals surface area contributed by atoms with Crippen molar-refractivity contribution in [2.75, 3.05) is 26.2 Å². The van der Waals surface area contributed by atoms with Crippen molar-refractivity contribution in [2.45, 2.75) is 19.0 Å². The molecule has 0 spiro atoms. The van der Waals surface area contributed by atoms with Gasteiger partial charge in [0.15, 0.2) is 0 Å². The van der Waals surface area contributed by atoms with Crippen molar-refractivity contribution in [3.63, 3.8) is 0 Å². The Bertz CT molecular complexity index is 168. The number of alkyl halides is 5. The van der Waals surface area contributed by atoms with E-state index >= 15 is 0 Å². The van der Waals surface area contributed by atoms with Crippen LogP contribution < -0.4 is 5.73 Å². The molecule has 0 aliphatic carbocycles. The van der Waals surface area contributed by atoms with Gasteiger partial charge in [-0.25, -0.2) is 8.78 Å². The molecule has 86 valence electrons. The molecule has 0 unspecified atom stereocenters. The van der Waals surface area contributed by atoms with Crippen LogP contribution in [0.5, 0.6) is 0 Å². The van der Waals surface area contributed by atoms with Crippen LogP contribution in [0.25, 0.3) is 0 Å². The summed E-state index contributed by atoms with van der Waals surface area (Å²) in [6.45, 7) is -1.94. The molecule has 0 aliphatic rings. The summed E-state index contributed by atoms with van der Waals surface area (Å²) in [5.74, 6) is -3.26. The largest absolute Gasteiger partial charge is 0.401 e. The Morgan fingerprint density at radius 2 is 1.57 bits per heavy atom. The van der Waals surface area contributed by atoms with Gasteiger partial charge in [0.05, 0.1) is 19.6 Å². The fourth-order valence-corrected chi connectivity index (χ4v) is 0.925. The van der Waals surface area contributed by atoms with Gasteiger partial charge >= 0.3 is 6.18 Å². The lowest BCUT2D eigenvalue weighted by Crippen LogP contribution is -2.45. The topological polar surface area (TPSA) is 29.3 Å². The molecule has 0 aromatic rings. The predicted molar refractivity (Wildman–Crippen MR) is 42.2 cm³/mol. The third-order valence-corrected chi connectivity index (χ3v) is 1.60. The Hall–Kier alpha value is -0.430. The highest BCUT2D eigenvalue weighted by atomic mass is 19.4. The number of nitrogens with zero attached hydrogens (tertiary/aromatic N) is 1. The van der Waals surface area contributed by atoms with E-state index in [4.69, 9.17) is 5.73 Å². The highest BCUT2D eigenvalue weighted by Crippen LogP contribution is 2.19. The molecule has 0 amide bonds. The van der Waals surface area contributed by atoms with Crippen molar-refractivity contribution >= 4 is 0 Å². The van der Waals surface area contributed by atoms with Crippen LogP contribution in [0.15, 0.2) is 0 Å². The summed E-state index contributed by atoms with van der Waals surface area (Å²) in [7, 11) is 0. The Kier molecular flexibility index (Phi) is 4.73. The molecule has 0 aromatic heterocycles. The molecule has 0 atom stereocenters. The van der Waals surface area contributed by atoms with Crippen LogP contribution in [0.2, 0.25) is 0 Å². The standard InChI is InChI=1S/C7H13F5N2/c1-2-14(5-7(10,11)12)4-6(8,9)3-13/h2-5,13H2,1H3. The summed E-state index contributed by atoms with van der Waals surface area (Å²) in [5, 5.41) is 0. The molecule has 7 heteroatoms. The summed E-state index contributed by atoms with van der Waals surface area (Å²) in [5.41, 5.74) is 4.72. The molecule has 2 nitrogen and oxygen atoms in total. The van der Waals surface area contributed by atoms with Crippen LogP contribution in [-0.4, -0.2) is 43.2 Å². The average Bonchev–Trinajstić information content (AvgIpc) is 2.00. The van der Waals surface area contributed by atoms with E-state index in [0.717, 1.165) is 0 Å². The van der Waals surface area contributed by atoms with Gasteiger partial charge in [-0.05, 0) is 6.54 Å². The molecule has 0 aliphatic heterocycles. The number of hydrogen-bond donors (Lipinski definition) is 1. The van der Waals surface area contributed by atoms with Crippen molar-refractivity contribution < 1.29 is 22.0 Å². The first-order valence-corrected chi connectivity index (χ1v) is 4.07. The van der Waals surface area contributed by atoms with Crippen LogP contribution in [0, 0.1) is 0 Å². The second-order valence-corrected chi connectivity index (χ2v) is 2.98. The van der Waals surface area contributed by atoms with E-state index in [9.17, 15) is 22.0 Å². The zero-order valence-electron chi connectivity index (χ0n) is 7.74. The van der Waals surface area contributed by atoms with E-state index in [-0.39, 0.29) is 6.54 Å². The van der Waals surface area contributed by atoms with E-state index in [1.54, 1.807) is 0 Å². The van der Waals surface area contributed by atoms with Crippen molar-refractivity contribution in [1.82, 2.24) is 4.90 Å². The summed E-state index contributed by atoms with van der Waals surface area (Å²) in [6, 6.07) is 0. The average molecular weight is 220 g/mol. The van der Waals surface area contributed by atoms with Gasteiger partial charge < -0.3 is 5.73 Å². The monoisotopic (exact) mass is 220 g/mol. The Labute approximate surface area is 78.9 Å². The van der Waals surface area contributed by atoms with Crippen LogP contribution in [0.1, 0.15) is 6.92 Å². The maximum atomic E-state index is 12.6. The molecule has 0 radical (unpaired) electrons. The molecule has 0 fully saturated rings. The lowest BCUT2D eigenvalue weighted by Gasteiger charge is -2.25. The minimum absolute atomic E-state index is 0.0882. The SMILES string of the molecule is CCN(CC(F)(F)F)CC(F)(F)CN. The fourth-order valence-electron chi connectivity index (χ4n) is 0.925. The summed E-state index contributed by atoms with van der Waals surface area (Å²) < 4.78 is 60.8. The second-order valence-electron chi connectivity index (χ2n) is 2.98. The van der Waals surface area contributed by atoms with Crippen LogP contribution in [-0.2, 0) is 0 Å². The highest BCUT2D eigenvalue weighted by Gasteiger charge is 2.35. The molecule has 0 aromatic carbocycles. The Morgan fingerprint density at radius 3 is 1.86 bits per heavy atom. The van der Waals surface area contributed by atoms with Crippen molar-refractivity contribution in [1.29, 1.82) is 0 Å². The molecule has 14 heavy (non-hydrogen) atoms. The second kappa shape index (κ2) is 4.88. The van der Waals surface area contributed by atoms with Crippen LogP contribution in [0.4, 0.5) is 22.0 Å². The first-order chi connectivity index (χ1) is 6.20. The summed E-state index contributed by atoms with van der Waals surface area (Å²) in [6.07, 6.45) is -4.46. The highest BCUT2D eigenvalue weighted by molar-refractivity contribution is 4.74. The van der Waals surface area contributed by atoms with E-state index in [1.165, 1.54) is 6.92 Å². The first kappa shape index (κ1) is 13.6. The molecule has 0 saturated heterocycles. The summed E-state index contributed by atoms with van der Waals surface area (Å²) in [4.78, 5) is 0.618. The first-order valence-electron chi connectivity index (χ1n) is 4.07. The van der Waals surface area contributed by atoms with E-state index in [0.29, 0.717) is 4.90 Å². The summed E-state index contributed by atoms with van der Waals surface area (Å²) >= 11 is 0. The van der Waals surface area contributed by atoms with Gasteiger partial charge in [-0.15, -0.1) is 0 Å². The maximum Gasteiger partial charge on any atom is 0.401 e. The zero-order chi connectivity index (χ0) is 11.4. The van der Waals surface area contributed by atoms with E-state index in [2.05, 4.69) is 0 Å². The van der Waals surface area contributed by atoms with Crippen molar-refractivity contribution in [3.8, 4) is 0 Å². The van der Waals surface area contributed by atoms with Crippen molar-refractivity contribution in [2.24, 2.45) is 5.73 Å². The lowest BCUT2D eigenvalue weighted by atomic mass is 10.3. The fraction of sp³-hybridized carbons (Fsp3) is 1.00. The van der Waals surface area contributed by atoms with Crippen LogP contribution in [0.3, 0.4) is 0 Å². The third-order valence-electron chi connectivity index (χ3n) is 1.60. The molecular weight excluding hydrogens is 207 g/mol. The van der Waals surface area contributed by atoms with Gasteiger partial charge in [0.1, 0.15) is 0 Å². The minimum atomic E-state index is -4.46. The number of hydrogen-bond acceptors (Lipinski definition) is 2. The predicted octanol–water partition coefficient (Wildman–Crippen LogP) is 1.46. The number of halogens is 5. The molecule has 0 saturated carbocycles. The molecule has 0 rings (SSSR count). The van der Waals surface area contributed by atoms with E-state index < -0.39 is 31.7 Å². The van der Waals surface area contributed by atoms with Gasteiger partial charge in [0.25, 0.3) is 5.92 Å². The zero-order valence-corrected chi connectivity index (χ0v) is 7.74. The van der Waals surface area contributed by atoms with Crippen LogP contribution >= 0.6 is 0 Å². The van der Waals surface area contributed by atoms with Gasteiger partial charge in [0.2, 0.25) is 0 Å². The molecule has 2 N–H and O–H groups in total. The van der Waals surface area contributed by atoms with E-state index in [1.807, 2.05) is 0 Å². The lowest BCUT2D eigenvalue weighted by molar-refractivity contribution is -0.154. The number of rotatable bonds is 5. The minimum Gasteiger partial charge on any atom is -0.325 e.